The van der Waals surface area contributed by atoms with Gasteiger partial charge in [0.05, 0.1) is 5.52 Å². The minimum absolute atomic E-state index is 0.275. The Balaban J connectivity index is 2.29. The topological polar surface area (TPSA) is 68.5 Å². The van der Waals surface area contributed by atoms with Crippen molar-refractivity contribution in [2.45, 2.75) is 19.8 Å². The Kier molecular flexibility index (Phi) is 3.06. The monoisotopic (exact) mass is 268 g/mol. The predicted molar refractivity (Wildman–Crippen MR) is 78.1 cm³/mol. The second-order valence-electron chi connectivity index (χ2n) is 4.85. The van der Waals surface area contributed by atoms with Crippen molar-refractivity contribution in [2.24, 2.45) is 0 Å². The van der Waals surface area contributed by atoms with Crippen LogP contribution in [0.15, 0.2) is 30.6 Å². The molecule has 0 fully saturated rings. The summed E-state index contributed by atoms with van der Waals surface area (Å²) in [6, 6.07) is 7.84. The summed E-state index contributed by atoms with van der Waals surface area (Å²) in [6.45, 7) is 4.23. The zero-order valence-corrected chi connectivity index (χ0v) is 11.7. The zero-order chi connectivity index (χ0) is 14.1. The molecule has 0 amide bonds. The Bertz CT molecular complexity index is 746. The third-order valence-electron chi connectivity index (χ3n) is 3.23. The average molecular weight is 268 g/mol. The number of anilines is 1. The van der Waals surface area contributed by atoms with Crippen LogP contribution in [0.3, 0.4) is 0 Å². The molecule has 0 unspecified atom stereocenters. The fourth-order valence-electron chi connectivity index (χ4n) is 2.31. The first kappa shape index (κ1) is 12.5. The molecule has 1 aromatic carbocycles. The average Bonchev–Trinajstić information content (AvgIpc) is 2.90. The van der Waals surface area contributed by atoms with Gasteiger partial charge < -0.3 is 5.32 Å². The lowest BCUT2D eigenvalue weighted by atomic mass is 10.0. The normalized spacial score (nSPS) is 11.2. The quantitative estimate of drug-likeness (QED) is 0.789. The minimum Gasteiger partial charge on any atom is -0.373 e. The van der Waals surface area contributed by atoms with E-state index in [4.69, 9.17) is 0 Å². The van der Waals surface area contributed by atoms with Gasteiger partial charge >= 0.3 is 0 Å². The lowest BCUT2D eigenvalue weighted by Crippen LogP contribution is -2.10. The number of nitrogens with zero attached hydrogens (tertiary/aromatic N) is 5. The second-order valence-corrected chi connectivity index (χ2v) is 4.85. The molecule has 3 rings (SSSR count). The summed E-state index contributed by atoms with van der Waals surface area (Å²) in [7, 11) is 1.86. The van der Waals surface area contributed by atoms with Crippen LogP contribution in [-0.2, 0) is 0 Å². The summed E-state index contributed by atoms with van der Waals surface area (Å²) in [6.07, 6.45) is 1.55. The Morgan fingerprint density at radius 2 is 1.95 bits per heavy atom. The van der Waals surface area contributed by atoms with Gasteiger partial charge in [-0.2, -0.15) is 4.68 Å². The first-order valence-electron chi connectivity index (χ1n) is 6.56. The number of para-hydroxylation sites is 1. The van der Waals surface area contributed by atoms with E-state index in [0.29, 0.717) is 0 Å². The van der Waals surface area contributed by atoms with Crippen LogP contribution in [0.2, 0.25) is 0 Å². The van der Waals surface area contributed by atoms with E-state index in [1.54, 1.807) is 11.0 Å². The number of nitrogens with one attached hydrogen (secondary N) is 1. The third kappa shape index (κ3) is 1.89. The molecule has 0 aliphatic carbocycles. The smallest absolute Gasteiger partial charge is 0.164 e. The Hall–Kier alpha value is -2.50. The van der Waals surface area contributed by atoms with Gasteiger partial charge in [0.15, 0.2) is 5.82 Å². The SMILES string of the molecule is CNc1ncnc(-n2nnc3ccccc32)c1C(C)C. The number of fused-ring (bicyclic) bond motifs is 1. The molecule has 0 aliphatic heterocycles. The minimum atomic E-state index is 0.275. The molecular formula is C14H16N6. The second kappa shape index (κ2) is 4.88. The molecule has 0 aliphatic rings. The van der Waals surface area contributed by atoms with Crippen molar-refractivity contribution in [3.05, 3.63) is 36.2 Å². The van der Waals surface area contributed by atoms with Crippen LogP contribution in [0.5, 0.6) is 0 Å². The molecular weight excluding hydrogens is 252 g/mol. The van der Waals surface area contributed by atoms with Gasteiger partial charge in [-0.1, -0.05) is 31.2 Å². The van der Waals surface area contributed by atoms with Gasteiger partial charge in [0.1, 0.15) is 17.7 Å². The molecule has 6 nitrogen and oxygen atoms in total. The van der Waals surface area contributed by atoms with Gasteiger partial charge in [-0.25, -0.2) is 9.97 Å². The van der Waals surface area contributed by atoms with Crippen LogP contribution in [0.4, 0.5) is 5.82 Å². The first-order valence-corrected chi connectivity index (χ1v) is 6.56. The lowest BCUT2D eigenvalue weighted by molar-refractivity contribution is 0.756. The summed E-state index contributed by atoms with van der Waals surface area (Å²) < 4.78 is 1.77. The van der Waals surface area contributed by atoms with E-state index in [2.05, 4.69) is 39.4 Å². The van der Waals surface area contributed by atoms with E-state index in [1.807, 2.05) is 31.3 Å². The molecule has 20 heavy (non-hydrogen) atoms. The van der Waals surface area contributed by atoms with Crippen molar-refractivity contribution in [3.8, 4) is 5.82 Å². The largest absolute Gasteiger partial charge is 0.373 e. The molecule has 1 N–H and O–H groups in total. The van der Waals surface area contributed by atoms with Gasteiger partial charge in [-0.15, -0.1) is 5.10 Å². The molecule has 3 aromatic rings. The highest BCUT2D eigenvalue weighted by Crippen LogP contribution is 2.28. The summed E-state index contributed by atoms with van der Waals surface area (Å²) in [5, 5.41) is 11.5. The summed E-state index contributed by atoms with van der Waals surface area (Å²) in [5.74, 6) is 1.87. The number of rotatable bonds is 3. The molecule has 6 heteroatoms. The maximum atomic E-state index is 4.41. The Morgan fingerprint density at radius 1 is 1.15 bits per heavy atom. The van der Waals surface area contributed by atoms with Crippen LogP contribution < -0.4 is 5.32 Å². The van der Waals surface area contributed by atoms with E-state index in [9.17, 15) is 0 Å². The molecule has 0 saturated carbocycles. The molecule has 0 atom stereocenters. The standard InChI is InChI=1S/C14H16N6/c1-9(2)12-13(15-3)16-8-17-14(12)20-11-7-5-4-6-10(11)18-19-20/h4-9H,1-3H3,(H,15,16,17). The van der Waals surface area contributed by atoms with Gasteiger partial charge in [0.25, 0.3) is 0 Å². The van der Waals surface area contributed by atoms with Gasteiger partial charge in [0, 0.05) is 12.6 Å². The molecule has 102 valence electrons. The van der Waals surface area contributed by atoms with Gasteiger partial charge in [-0.05, 0) is 18.1 Å². The molecule has 0 spiro atoms. The maximum absolute atomic E-state index is 4.41. The highest BCUT2D eigenvalue weighted by Gasteiger charge is 2.18. The highest BCUT2D eigenvalue weighted by atomic mass is 15.4. The first-order chi connectivity index (χ1) is 9.72. The van der Waals surface area contributed by atoms with Crippen molar-refractivity contribution < 1.29 is 0 Å². The number of hydrogen-bond donors (Lipinski definition) is 1. The van der Waals surface area contributed by atoms with E-state index in [-0.39, 0.29) is 5.92 Å². The third-order valence-corrected chi connectivity index (χ3v) is 3.23. The van der Waals surface area contributed by atoms with E-state index in [0.717, 1.165) is 28.2 Å². The number of hydrogen-bond acceptors (Lipinski definition) is 5. The zero-order valence-electron chi connectivity index (χ0n) is 11.7. The van der Waals surface area contributed by atoms with Crippen molar-refractivity contribution in [1.29, 1.82) is 0 Å². The van der Waals surface area contributed by atoms with Crippen LogP contribution >= 0.6 is 0 Å². The van der Waals surface area contributed by atoms with Crippen molar-refractivity contribution in [3.63, 3.8) is 0 Å². The summed E-state index contributed by atoms with van der Waals surface area (Å²) >= 11 is 0. The fourth-order valence-corrected chi connectivity index (χ4v) is 2.31. The number of aromatic nitrogens is 5. The van der Waals surface area contributed by atoms with Crippen molar-refractivity contribution in [1.82, 2.24) is 25.0 Å². The molecule has 0 radical (unpaired) electrons. The van der Waals surface area contributed by atoms with E-state index >= 15 is 0 Å². The fraction of sp³-hybridized carbons (Fsp3) is 0.286. The predicted octanol–water partition coefficient (Wildman–Crippen LogP) is 2.38. The van der Waals surface area contributed by atoms with E-state index < -0.39 is 0 Å². The Labute approximate surface area is 116 Å². The van der Waals surface area contributed by atoms with Gasteiger partial charge in [-0.3, -0.25) is 0 Å². The van der Waals surface area contributed by atoms with Crippen LogP contribution in [0.1, 0.15) is 25.3 Å². The highest BCUT2D eigenvalue weighted by molar-refractivity contribution is 5.76. The molecule has 0 bridgehead atoms. The van der Waals surface area contributed by atoms with Gasteiger partial charge in [0.2, 0.25) is 0 Å². The Morgan fingerprint density at radius 3 is 2.70 bits per heavy atom. The van der Waals surface area contributed by atoms with Crippen molar-refractivity contribution in [2.75, 3.05) is 12.4 Å². The van der Waals surface area contributed by atoms with Crippen LogP contribution in [-0.4, -0.2) is 32.0 Å². The molecule has 0 saturated heterocycles. The molecule has 2 aromatic heterocycles. The summed E-state index contributed by atoms with van der Waals surface area (Å²) in [5.41, 5.74) is 2.83. The molecule has 2 heterocycles. The maximum Gasteiger partial charge on any atom is 0.164 e. The van der Waals surface area contributed by atoms with Crippen LogP contribution in [0, 0.1) is 0 Å². The summed E-state index contributed by atoms with van der Waals surface area (Å²) in [4.78, 5) is 8.70. The van der Waals surface area contributed by atoms with Crippen molar-refractivity contribution >= 4 is 16.9 Å². The lowest BCUT2D eigenvalue weighted by Gasteiger charge is -2.15. The number of benzene rings is 1. The van der Waals surface area contributed by atoms with Crippen LogP contribution in [0.25, 0.3) is 16.9 Å². The van der Waals surface area contributed by atoms with E-state index in [1.165, 1.54) is 0 Å².